The molecule has 0 saturated heterocycles. The number of carbonyl (C=O) groups excluding carboxylic acids is 1. The van der Waals surface area contributed by atoms with Crippen LogP contribution in [0.15, 0.2) is 32.2 Å². The summed E-state index contributed by atoms with van der Waals surface area (Å²) in [4.78, 5) is 18.5. The number of carbonyl (C=O) groups is 1. The van der Waals surface area contributed by atoms with Gasteiger partial charge in [-0.3, -0.25) is 4.79 Å². The van der Waals surface area contributed by atoms with Crippen LogP contribution in [0.5, 0.6) is 0 Å². The average molecular weight is 263 g/mol. The molecule has 2 aromatic heterocycles. The number of hydrogen-bond acceptors (Lipinski definition) is 5. The largest absolute Gasteiger partial charge is 0.457 e. The van der Waals surface area contributed by atoms with Crippen LogP contribution < -0.4 is 16.8 Å². The number of aromatic nitrogens is 1. The van der Waals surface area contributed by atoms with Crippen molar-refractivity contribution in [1.29, 1.82) is 0 Å². The predicted molar refractivity (Wildman–Crippen MR) is 67.2 cm³/mol. The number of nitrogens with zero attached hydrogens (tertiary/aromatic N) is 2. The van der Waals surface area contributed by atoms with Crippen molar-refractivity contribution in [2.45, 2.75) is 13.5 Å². The van der Waals surface area contributed by atoms with Gasteiger partial charge in [0.05, 0.1) is 6.54 Å². The van der Waals surface area contributed by atoms with Crippen molar-refractivity contribution in [2.24, 2.45) is 16.5 Å². The summed E-state index contributed by atoms with van der Waals surface area (Å²) >= 11 is 0. The molecule has 0 unspecified atom stereocenters. The molecule has 0 radical (unpaired) electrons. The summed E-state index contributed by atoms with van der Waals surface area (Å²) in [6.07, 6.45) is 1.38. The Labute approximate surface area is 108 Å². The minimum atomic E-state index is -0.140. The third-order valence-corrected chi connectivity index (χ3v) is 2.14. The Hall–Kier alpha value is -2.77. The number of hydrogen-bond donors (Lipinski definition) is 3. The molecule has 8 nitrogen and oxygen atoms in total. The summed E-state index contributed by atoms with van der Waals surface area (Å²) < 4.78 is 10.5. The van der Waals surface area contributed by atoms with Crippen LogP contribution in [0, 0.1) is 0 Å². The SMILES string of the molecule is CC(=O)NCc1ccc(-c2coc(N=C(N)N)n2)o1. The minimum absolute atomic E-state index is 0.0508. The van der Waals surface area contributed by atoms with Crippen LogP contribution in [0.2, 0.25) is 0 Å². The normalized spacial score (nSPS) is 10.2. The Balaban J connectivity index is 2.12. The number of rotatable bonds is 4. The highest BCUT2D eigenvalue weighted by Gasteiger charge is 2.10. The number of nitrogens with two attached hydrogens (primary N) is 2. The highest BCUT2D eigenvalue weighted by molar-refractivity contribution is 5.77. The second-order valence-corrected chi connectivity index (χ2v) is 3.73. The van der Waals surface area contributed by atoms with Crippen molar-refractivity contribution in [2.75, 3.05) is 0 Å². The van der Waals surface area contributed by atoms with Gasteiger partial charge in [-0.15, -0.1) is 0 Å². The molecule has 0 aliphatic heterocycles. The first kappa shape index (κ1) is 12.7. The van der Waals surface area contributed by atoms with Gasteiger partial charge in [-0.1, -0.05) is 0 Å². The number of furan rings is 1. The fourth-order valence-electron chi connectivity index (χ4n) is 1.36. The highest BCUT2D eigenvalue weighted by atomic mass is 16.4. The lowest BCUT2D eigenvalue weighted by atomic mass is 10.3. The van der Waals surface area contributed by atoms with Gasteiger partial charge in [0.25, 0.3) is 0 Å². The van der Waals surface area contributed by atoms with E-state index in [1.807, 2.05) is 0 Å². The molecule has 0 spiro atoms. The quantitative estimate of drug-likeness (QED) is 0.542. The number of aliphatic imine (C=N–C) groups is 1. The fraction of sp³-hybridized carbons (Fsp3) is 0.182. The first-order valence-corrected chi connectivity index (χ1v) is 5.43. The predicted octanol–water partition coefficient (Wildman–Crippen LogP) is 0.476. The molecule has 0 saturated carbocycles. The first-order chi connectivity index (χ1) is 9.04. The molecule has 2 rings (SSSR count). The Morgan fingerprint density at radius 1 is 1.47 bits per heavy atom. The molecule has 0 fully saturated rings. The molecule has 0 aliphatic rings. The number of oxazole rings is 1. The Bertz CT molecular complexity index is 609. The molecule has 0 aromatic carbocycles. The minimum Gasteiger partial charge on any atom is -0.457 e. The lowest BCUT2D eigenvalue weighted by Gasteiger charge is -1.96. The third-order valence-electron chi connectivity index (χ3n) is 2.14. The van der Waals surface area contributed by atoms with Gasteiger partial charge in [0.2, 0.25) is 5.91 Å². The summed E-state index contributed by atoms with van der Waals surface area (Å²) in [6.45, 7) is 1.75. The fourth-order valence-corrected chi connectivity index (χ4v) is 1.36. The van der Waals surface area contributed by atoms with Gasteiger partial charge in [-0.2, -0.15) is 9.98 Å². The van der Waals surface area contributed by atoms with Gasteiger partial charge in [0.15, 0.2) is 11.7 Å². The van der Waals surface area contributed by atoms with E-state index < -0.39 is 0 Å². The molecule has 2 heterocycles. The molecule has 19 heavy (non-hydrogen) atoms. The molecule has 8 heteroatoms. The second kappa shape index (κ2) is 5.25. The number of amides is 1. The van der Waals surface area contributed by atoms with E-state index >= 15 is 0 Å². The van der Waals surface area contributed by atoms with Crippen LogP contribution in [0.3, 0.4) is 0 Å². The summed E-state index contributed by atoms with van der Waals surface area (Å²) in [5, 5.41) is 2.63. The summed E-state index contributed by atoms with van der Waals surface area (Å²) in [5.41, 5.74) is 10.9. The molecule has 100 valence electrons. The Morgan fingerprint density at radius 2 is 2.26 bits per heavy atom. The van der Waals surface area contributed by atoms with Crippen LogP contribution in [-0.2, 0) is 11.3 Å². The van der Waals surface area contributed by atoms with Crippen molar-refractivity contribution in [3.63, 3.8) is 0 Å². The van der Waals surface area contributed by atoms with E-state index in [1.165, 1.54) is 13.2 Å². The van der Waals surface area contributed by atoms with Crippen LogP contribution in [0.4, 0.5) is 6.01 Å². The molecule has 0 bridgehead atoms. The van der Waals surface area contributed by atoms with Crippen LogP contribution in [-0.4, -0.2) is 16.9 Å². The van der Waals surface area contributed by atoms with Crippen LogP contribution >= 0.6 is 0 Å². The monoisotopic (exact) mass is 263 g/mol. The van der Waals surface area contributed by atoms with E-state index in [9.17, 15) is 4.79 Å². The van der Waals surface area contributed by atoms with E-state index in [2.05, 4.69) is 15.3 Å². The second-order valence-electron chi connectivity index (χ2n) is 3.73. The number of guanidine groups is 1. The van der Waals surface area contributed by atoms with Crippen LogP contribution in [0.25, 0.3) is 11.5 Å². The maximum atomic E-state index is 10.8. The van der Waals surface area contributed by atoms with Crippen molar-refractivity contribution in [1.82, 2.24) is 10.3 Å². The molecule has 2 aromatic rings. The standard InChI is InChI=1S/C11H13N5O3/c1-6(17)14-4-7-2-3-9(19-7)8-5-18-11(15-8)16-10(12)13/h2-3,5H,4H2,1H3,(H,14,17)(H4,12,13,15,16). The third kappa shape index (κ3) is 3.35. The lowest BCUT2D eigenvalue weighted by molar-refractivity contribution is -0.119. The van der Waals surface area contributed by atoms with Gasteiger partial charge >= 0.3 is 6.01 Å². The zero-order chi connectivity index (χ0) is 13.8. The zero-order valence-corrected chi connectivity index (χ0v) is 10.2. The number of nitrogens with one attached hydrogen (secondary N) is 1. The molecule has 0 aliphatic carbocycles. The van der Waals surface area contributed by atoms with E-state index in [1.54, 1.807) is 12.1 Å². The van der Waals surface area contributed by atoms with Gasteiger partial charge < -0.3 is 25.6 Å². The first-order valence-electron chi connectivity index (χ1n) is 5.43. The van der Waals surface area contributed by atoms with Crippen molar-refractivity contribution >= 4 is 17.9 Å². The molecular formula is C11H13N5O3. The van der Waals surface area contributed by atoms with Gasteiger partial charge in [-0.25, -0.2) is 0 Å². The zero-order valence-electron chi connectivity index (χ0n) is 10.2. The van der Waals surface area contributed by atoms with Crippen molar-refractivity contribution < 1.29 is 13.6 Å². The van der Waals surface area contributed by atoms with Gasteiger partial charge in [0, 0.05) is 6.92 Å². The van der Waals surface area contributed by atoms with Crippen molar-refractivity contribution in [3.8, 4) is 11.5 Å². The van der Waals surface area contributed by atoms with Gasteiger partial charge in [-0.05, 0) is 12.1 Å². The topological polar surface area (TPSA) is 133 Å². The lowest BCUT2D eigenvalue weighted by Crippen LogP contribution is -2.21. The Morgan fingerprint density at radius 3 is 2.95 bits per heavy atom. The maximum absolute atomic E-state index is 10.8. The van der Waals surface area contributed by atoms with Crippen molar-refractivity contribution in [3.05, 3.63) is 24.2 Å². The molecule has 1 amide bonds. The summed E-state index contributed by atoms with van der Waals surface area (Å²) in [5.74, 6) is 0.839. The van der Waals surface area contributed by atoms with E-state index in [0.29, 0.717) is 23.8 Å². The van der Waals surface area contributed by atoms with Crippen LogP contribution in [0.1, 0.15) is 12.7 Å². The molecule has 0 atom stereocenters. The van der Waals surface area contributed by atoms with E-state index in [0.717, 1.165) is 0 Å². The molecule has 5 N–H and O–H groups in total. The highest BCUT2D eigenvalue weighted by Crippen LogP contribution is 2.24. The summed E-state index contributed by atoms with van der Waals surface area (Å²) in [7, 11) is 0. The smallest absolute Gasteiger partial charge is 0.325 e. The van der Waals surface area contributed by atoms with E-state index in [-0.39, 0.29) is 17.9 Å². The Kier molecular flexibility index (Phi) is 3.51. The van der Waals surface area contributed by atoms with Gasteiger partial charge in [0.1, 0.15) is 17.7 Å². The van der Waals surface area contributed by atoms with E-state index in [4.69, 9.17) is 20.3 Å². The summed E-state index contributed by atoms with van der Waals surface area (Å²) in [6, 6.07) is 3.50. The molecular weight excluding hydrogens is 250 g/mol. The maximum Gasteiger partial charge on any atom is 0.325 e. The average Bonchev–Trinajstić information content (AvgIpc) is 2.93.